The highest BCUT2D eigenvalue weighted by molar-refractivity contribution is 7.99. The minimum absolute atomic E-state index is 0.108. The molecule has 2 amide bonds. The molecule has 1 atom stereocenters. The smallest absolute Gasteiger partial charge is 0.286 e. The van der Waals surface area contributed by atoms with Crippen LogP contribution < -0.4 is 10.6 Å². The number of thiophene rings is 1. The molecule has 0 radical (unpaired) electrons. The van der Waals surface area contributed by atoms with Gasteiger partial charge in [0, 0.05) is 12.3 Å². The number of amides is 2. The molecule has 1 saturated carbocycles. The summed E-state index contributed by atoms with van der Waals surface area (Å²) in [5.74, 6) is -0.217. The summed E-state index contributed by atoms with van der Waals surface area (Å²) in [7, 11) is 3.95. The highest BCUT2D eigenvalue weighted by Crippen LogP contribution is 2.30. The monoisotopic (exact) mass is 521 g/mol. The highest BCUT2D eigenvalue weighted by Gasteiger charge is 2.43. The third-order valence-electron chi connectivity index (χ3n) is 5.95. The molecular formula is C24H35N5O4S2. The SMILES string of the molecule is CC(C)CC(NC(=O)C1(NC(=O)c2cccs2)CCCCC1)C(=O)c1nnc(SCCN(C)C)o1. The fourth-order valence-corrected chi connectivity index (χ4v) is 5.57. The molecule has 0 bridgehead atoms. The molecule has 2 heterocycles. The van der Waals surface area contributed by atoms with E-state index in [0.29, 0.717) is 29.4 Å². The second kappa shape index (κ2) is 12.6. The average molecular weight is 522 g/mol. The van der Waals surface area contributed by atoms with Gasteiger partial charge in [-0.15, -0.1) is 21.5 Å². The van der Waals surface area contributed by atoms with Crippen LogP contribution in [-0.4, -0.2) is 70.7 Å². The molecule has 192 valence electrons. The maximum Gasteiger partial charge on any atom is 0.286 e. The third kappa shape index (κ3) is 7.62. The molecule has 0 spiro atoms. The molecule has 1 fully saturated rings. The van der Waals surface area contributed by atoms with Gasteiger partial charge in [-0.2, -0.15) is 0 Å². The maximum atomic E-state index is 13.6. The van der Waals surface area contributed by atoms with Crippen LogP contribution in [0.3, 0.4) is 0 Å². The molecule has 1 aliphatic rings. The van der Waals surface area contributed by atoms with E-state index in [2.05, 4.69) is 20.8 Å². The maximum absolute atomic E-state index is 13.6. The molecule has 0 aliphatic heterocycles. The van der Waals surface area contributed by atoms with Crippen LogP contribution in [-0.2, 0) is 4.79 Å². The Morgan fingerprint density at radius 2 is 1.94 bits per heavy atom. The van der Waals surface area contributed by atoms with Gasteiger partial charge in [0.15, 0.2) is 0 Å². The fraction of sp³-hybridized carbons (Fsp3) is 0.625. The van der Waals surface area contributed by atoms with Gasteiger partial charge in [-0.1, -0.05) is 50.9 Å². The molecule has 0 aromatic carbocycles. The van der Waals surface area contributed by atoms with Crippen molar-refractivity contribution in [1.82, 2.24) is 25.7 Å². The summed E-state index contributed by atoms with van der Waals surface area (Å²) in [5, 5.41) is 16.0. The van der Waals surface area contributed by atoms with E-state index in [1.807, 2.05) is 44.3 Å². The van der Waals surface area contributed by atoms with Crippen molar-refractivity contribution in [3.8, 4) is 0 Å². The van der Waals surface area contributed by atoms with Crippen LogP contribution >= 0.6 is 23.1 Å². The van der Waals surface area contributed by atoms with Gasteiger partial charge in [-0.3, -0.25) is 14.4 Å². The van der Waals surface area contributed by atoms with E-state index < -0.39 is 17.4 Å². The Hall–Kier alpha value is -2.24. The number of aromatic nitrogens is 2. The molecule has 1 aliphatic carbocycles. The number of hydrogen-bond donors (Lipinski definition) is 2. The van der Waals surface area contributed by atoms with Gasteiger partial charge >= 0.3 is 0 Å². The number of ketones is 1. The minimum Gasteiger partial charge on any atom is -0.408 e. The van der Waals surface area contributed by atoms with Crippen molar-refractivity contribution in [2.45, 2.75) is 69.2 Å². The van der Waals surface area contributed by atoms with E-state index in [1.165, 1.54) is 23.1 Å². The molecule has 2 aromatic heterocycles. The summed E-state index contributed by atoms with van der Waals surface area (Å²) in [6, 6.07) is 2.73. The first-order valence-electron chi connectivity index (χ1n) is 12.0. The normalized spacial score (nSPS) is 16.3. The lowest BCUT2D eigenvalue weighted by molar-refractivity contribution is -0.129. The molecule has 35 heavy (non-hydrogen) atoms. The van der Waals surface area contributed by atoms with Gasteiger partial charge in [0.05, 0.1) is 10.9 Å². The topological polar surface area (TPSA) is 117 Å². The van der Waals surface area contributed by atoms with E-state index in [-0.39, 0.29) is 23.6 Å². The molecule has 11 heteroatoms. The molecule has 0 saturated heterocycles. The Balaban J connectivity index is 1.74. The molecule has 1 unspecified atom stereocenters. The first kappa shape index (κ1) is 27.3. The Labute approximate surface area is 214 Å². The highest BCUT2D eigenvalue weighted by atomic mass is 32.2. The quantitative estimate of drug-likeness (QED) is 0.321. The van der Waals surface area contributed by atoms with Gasteiger partial charge in [0.25, 0.3) is 17.0 Å². The number of carbonyl (C=O) groups is 3. The lowest BCUT2D eigenvalue weighted by Gasteiger charge is -2.37. The summed E-state index contributed by atoms with van der Waals surface area (Å²) in [6.45, 7) is 4.80. The van der Waals surface area contributed by atoms with Crippen LogP contribution in [0.4, 0.5) is 0 Å². The average Bonchev–Trinajstić information content (AvgIpc) is 3.51. The number of thioether (sulfide) groups is 1. The molecular weight excluding hydrogens is 486 g/mol. The largest absolute Gasteiger partial charge is 0.408 e. The molecule has 9 nitrogen and oxygen atoms in total. The summed E-state index contributed by atoms with van der Waals surface area (Å²) in [6.07, 6.45) is 4.16. The van der Waals surface area contributed by atoms with Crippen LogP contribution in [0.1, 0.15) is 72.7 Å². The van der Waals surface area contributed by atoms with Crippen molar-refractivity contribution in [2.75, 3.05) is 26.4 Å². The first-order valence-corrected chi connectivity index (χ1v) is 13.9. The van der Waals surface area contributed by atoms with Gasteiger partial charge in [0.1, 0.15) is 5.54 Å². The second-order valence-electron chi connectivity index (χ2n) is 9.62. The lowest BCUT2D eigenvalue weighted by Crippen LogP contribution is -2.62. The fourth-order valence-electron chi connectivity index (χ4n) is 4.08. The Morgan fingerprint density at radius 3 is 2.57 bits per heavy atom. The standard InChI is InChI=1S/C24H35N5O4S2/c1-16(2)15-17(19(30)21-27-28-23(33-21)35-14-12-29(3)4)25-22(32)24(10-6-5-7-11-24)26-20(31)18-9-8-13-34-18/h8-9,13,16-17H,5-7,10-12,14-15H2,1-4H3,(H,25,32)(H,26,31). The second-order valence-corrected chi connectivity index (χ2v) is 11.6. The van der Waals surface area contributed by atoms with Crippen molar-refractivity contribution in [2.24, 2.45) is 5.92 Å². The molecule has 2 aromatic rings. The number of rotatable bonds is 12. The van der Waals surface area contributed by atoms with Crippen LogP contribution in [0.15, 0.2) is 27.2 Å². The summed E-state index contributed by atoms with van der Waals surface area (Å²) in [5.41, 5.74) is -1.04. The van der Waals surface area contributed by atoms with Crippen molar-refractivity contribution in [1.29, 1.82) is 0 Å². The van der Waals surface area contributed by atoms with E-state index in [1.54, 1.807) is 6.07 Å². The first-order chi connectivity index (χ1) is 16.7. The third-order valence-corrected chi connectivity index (χ3v) is 7.62. The van der Waals surface area contributed by atoms with Gasteiger partial charge in [0.2, 0.25) is 11.7 Å². The van der Waals surface area contributed by atoms with Gasteiger partial charge in [-0.05, 0) is 50.7 Å². The Morgan fingerprint density at radius 1 is 1.20 bits per heavy atom. The van der Waals surface area contributed by atoms with Crippen LogP contribution in [0.2, 0.25) is 0 Å². The van der Waals surface area contributed by atoms with Crippen molar-refractivity contribution in [3.63, 3.8) is 0 Å². The zero-order chi connectivity index (χ0) is 25.4. The van der Waals surface area contributed by atoms with E-state index in [0.717, 1.165) is 31.6 Å². The van der Waals surface area contributed by atoms with Crippen molar-refractivity contribution >= 4 is 40.7 Å². The van der Waals surface area contributed by atoms with E-state index >= 15 is 0 Å². The summed E-state index contributed by atoms with van der Waals surface area (Å²) < 4.78 is 5.61. The predicted octanol–water partition coefficient (Wildman–Crippen LogP) is 3.63. The van der Waals surface area contributed by atoms with Gasteiger partial charge in [-0.25, -0.2) is 0 Å². The summed E-state index contributed by atoms with van der Waals surface area (Å²) in [4.78, 5) is 42.4. The number of hydrogen-bond acceptors (Lipinski definition) is 9. The van der Waals surface area contributed by atoms with E-state index in [4.69, 9.17) is 4.42 Å². The lowest BCUT2D eigenvalue weighted by atomic mass is 9.80. The zero-order valence-corrected chi connectivity index (χ0v) is 22.5. The van der Waals surface area contributed by atoms with Crippen LogP contribution in [0.5, 0.6) is 0 Å². The van der Waals surface area contributed by atoms with Crippen LogP contribution in [0, 0.1) is 5.92 Å². The van der Waals surface area contributed by atoms with E-state index in [9.17, 15) is 14.4 Å². The minimum atomic E-state index is -1.04. The van der Waals surface area contributed by atoms with Crippen LogP contribution in [0.25, 0.3) is 0 Å². The Kier molecular flexibility index (Phi) is 9.88. The number of Topliss-reactive ketones (excluding diaryl/α,β-unsaturated/α-hetero) is 1. The zero-order valence-electron chi connectivity index (χ0n) is 20.8. The molecule has 3 rings (SSSR count). The van der Waals surface area contributed by atoms with Crippen molar-refractivity contribution in [3.05, 3.63) is 28.3 Å². The predicted molar refractivity (Wildman–Crippen MR) is 137 cm³/mol. The van der Waals surface area contributed by atoms with Crippen molar-refractivity contribution < 1.29 is 18.8 Å². The number of nitrogens with one attached hydrogen (secondary N) is 2. The number of carbonyl (C=O) groups excluding carboxylic acids is 3. The van der Waals surface area contributed by atoms with Gasteiger partial charge < -0.3 is 20.0 Å². The number of nitrogens with zero attached hydrogens (tertiary/aromatic N) is 3. The summed E-state index contributed by atoms with van der Waals surface area (Å²) >= 11 is 2.72. The Bertz CT molecular complexity index is 984. The molecule has 2 N–H and O–H groups in total.